The van der Waals surface area contributed by atoms with Gasteiger partial charge in [0.1, 0.15) is 12.4 Å². The molecule has 0 unspecified atom stereocenters. The molecule has 0 aliphatic heterocycles. The summed E-state index contributed by atoms with van der Waals surface area (Å²) in [5, 5.41) is 8.87. The predicted molar refractivity (Wildman–Crippen MR) is 69.1 cm³/mol. The van der Waals surface area contributed by atoms with E-state index in [9.17, 15) is 13.6 Å². The highest BCUT2D eigenvalue weighted by molar-refractivity contribution is 6.30. The number of ether oxygens (including phenoxy) is 1. The van der Waals surface area contributed by atoms with E-state index in [0.717, 1.165) is 12.1 Å². The summed E-state index contributed by atoms with van der Waals surface area (Å²) in [6.45, 7) is -0.209. The van der Waals surface area contributed by atoms with Gasteiger partial charge in [0.15, 0.2) is 11.6 Å². The molecule has 0 saturated carbocycles. The first-order chi connectivity index (χ1) is 9.49. The van der Waals surface area contributed by atoms with E-state index in [2.05, 4.69) is 0 Å². The number of halogens is 3. The minimum Gasteiger partial charge on any atom is -0.486 e. The molecule has 0 amide bonds. The lowest BCUT2D eigenvalue weighted by Gasteiger charge is -2.10. The molecule has 2 aromatic rings. The Balaban J connectivity index is 2.23. The van der Waals surface area contributed by atoms with Gasteiger partial charge in [0, 0.05) is 5.56 Å². The van der Waals surface area contributed by atoms with Crippen LogP contribution >= 0.6 is 11.6 Å². The molecule has 3 nitrogen and oxygen atoms in total. The predicted octanol–water partition coefficient (Wildman–Crippen LogP) is 3.90. The third kappa shape index (κ3) is 3.05. The molecule has 0 aromatic heterocycles. The molecule has 0 aliphatic rings. The van der Waals surface area contributed by atoms with Gasteiger partial charge in [-0.15, -0.1) is 0 Å². The molecule has 20 heavy (non-hydrogen) atoms. The van der Waals surface area contributed by atoms with Gasteiger partial charge >= 0.3 is 5.97 Å². The van der Waals surface area contributed by atoms with Crippen LogP contribution in [0.4, 0.5) is 8.78 Å². The van der Waals surface area contributed by atoms with Gasteiger partial charge < -0.3 is 9.84 Å². The zero-order valence-electron chi connectivity index (χ0n) is 10.1. The molecule has 0 bridgehead atoms. The van der Waals surface area contributed by atoms with E-state index in [1.165, 1.54) is 24.3 Å². The van der Waals surface area contributed by atoms with E-state index in [4.69, 9.17) is 21.4 Å². The highest BCUT2D eigenvalue weighted by Crippen LogP contribution is 2.25. The van der Waals surface area contributed by atoms with Crippen molar-refractivity contribution in [3.8, 4) is 5.75 Å². The van der Waals surface area contributed by atoms with E-state index >= 15 is 0 Å². The summed E-state index contributed by atoms with van der Waals surface area (Å²) in [5.41, 5.74) is 0.00529. The van der Waals surface area contributed by atoms with Gasteiger partial charge in [-0.1, -0.05) is 23.7 Å². The van der Waals surface area contributed by atoms with Crippen LogP contribution in [0.25, 0.3) is 0 Å². The van der Waals surface area contributed by atoms with Gasteiger partial charge in [-0.3, -0.25) is 0 Å². The Bertz CT molecular complexity index is 659. The molecule has 6 heteroatoms. The molecule has 0 fully saturated rings. The molecule has 2 aromatic carbocycles. The van der Waals surface area contributed by atoms with Gasteiger partial charge in [-0.05, 0) is 24.3 Å². The van der Waals surface area contributed by atoms with Crippen LogP contribution in [-0.4, -0.2) is 11.1 Å². The quantitative estimate of drug-likeness (QED) is 0.931. The van der Waals surface area contributed by atoms with Gasteiger partial charge in [0.2, 0.25) is 0 Å². The fourth-order valence-electron chi connectivity index (χ4n) is 1.62. The molecule has 0 heterocycles. The third-order valence-corrected chi connectivity index (χ3v) is 2.89. The lowest BCUT2D eigenvalue weighted by molar-refractivity contribution is 0.0693. The summed E-state index contributed by atoms with van der Waals surface area (Å²) >= 11 is 5.60. The lowest BCUT2D eigenvalue weighted by Crippen LogP contribution is -2.07. The molecule has 0 radical (unpaired) electrons. The van der Waals surface area contributed by atoms with E-state index in [-0.39, 0.29) is 28.5 Å². The second-order valence-electron chi connectivity index (χ2n) is 3.95. The van der Waals surface area contributed by atoms with Crippen LogP contribution in [-0.2, 0) is 6.61 Å². The van der Waals surface area contributed by atoms with Crippen molar-refractivity contribution in [2.24, 2.45) is 0 Å². The summed E-state index contributed by atoms with van der Waals surface area (Å²) in [4.78, 5) is 11.0. The zero-order valence-corrected chi connectivity index (χ0v) is 10.8. The van der Waals surface area contributed by atoms with Gasteiger partial charge in [-0.25, -0.2) is 13.6 Å². The van der Waals surface area contributed by atoms with Crippen LogP contribution in [0, 0.1) is 11.6 Å². The van der Waals surface area contributed by atoms with Crippen molar-refractivity contribution in [1.29, 1.82) is 0 Å². The van der Waals surface area contributed by atoms with Gasteiger partial charge in [0.05, 0.1) is 10.6 Å². The molecular formula is C14H9ClF2O3. The molecule has 104 valence electrons. The Labute approximate surface area is 118 Å². The van der Waals surface area contributed by atoms with Crippen molar-refractivity contribution >= 4 is 17.6 Å². The normalized spacial score (nSPS) is 10.3. The SMILES string of the molecule is O=C(O)c1cc(F)ccc1COc1cccc(Cl)c1F. The highest BCUT2D eigenvalue weighted by Gasteiger charge is 2.13. The van der Waals surface area contributed by atoms with Crippen molar-refractivity contribution < 1.29 is 23.4 Å². The van der Waals surface area contributed by atoms with Crippen molar-refractivity contribution in [1.82, 2.24) is 0 Å². The first kappa shape index (κ1) is 14.3. The van der Waals surface area contributed by atoms with E-state index in [1.807, 2.05) is 0 Å². The van der Waals surface area contributed by atoms with Crippen molar-refractivity contribution in [3.05, 3.63) is 64.2 Å². The second-order valence-corrected chi connectivity index (χ2v) is 4.35. The van der Waals surface area contributed by atoms with Crippen LogP contribution in [0.2, 0.25) is 5.02 Å². The summed E-state index contributed by atoms with van der Waals surface area (Å²) in [5.74, 6) is -2.78. The van der Waals surface area contributed by atoms with Crippen LogP contribution in [0.3, 0.4) is 0 Å². The molecular weight excluding hydrogens is 290 g/mol. The highest BCUT2D eigenvalue weighted by atomic mass is 35.5. The zero-order chi connectivity index (χ0) is 14.7. The van der Waals surface area contributed by atoms with E-state index in [1.54, 1.807) is 0 Å². The Hall–Kier alpha value is -2.14. The maximum atomic E-state index is 13.6. The first-order valence-corrected chi connectivity index (χ1v) is 5.95. The molecule has 1 N–H and O–H groups in total. The molecule has 0 saturated heterocycles. The number of carboxylic acids is 1. The number of carbonyl (C=O) groups is 1. The Kier molecular flexibility index (Phi) is 4.20. The summed E-state index contributed by atoms with van der Waals surface area (Å²) in [6, 6.07) is 7.51. The fourth-order valence-corrected chi connectivity index (χ4v) is 1.79. The van der Waals surface area contributed by atoms with Gasteiger partial charge in [-0.2, -0.15) is 0 Å². The number of aromatic carboxylic acids is 1. The number of carboxylic acid groups (broad SMARTS) is 1. The standard InChI is InChI=1S/C14H9ClF2O3/c15-11-2-1-3-12(13(11)17)20-7-8-4-5-9(16)6-10(8)14(18)19/h1-6H,7H2,(H,18,19). The monoisotopic (exact) mass is 298 g/mol. The molecule has 0 atom stereocenters. The average Bonchev–Trinajstić information content (AvgIpc) is 2.41. The van der Waals surface area contributed by atoms with Crippen molar-refractivity contribution in [3.63, 3.8) is 0 Å². The fraction of sp³-hybridized carbons (Fsp3) is 0.0714. The maximum absolute atomic E-state index is 13.6. The minimum absolute atomic E-state index is 0.0972. The number of hydrogen-bond donors (Lipinski definition) is 1. The summed E-state index contributed by atoms with van der Waals surface area (Å²) in [6.07, 6.45) is 0. The largest absolute Gasteiger partial charge is 0.486 e. The second kappa shape index (κ2) is 5.88. The Morgan fingerprint density at radius 2 is 2.00 bits per heavy atom. The van der Waals surface area contributed by atoms with Crippen LogP contribution in [0.15, 0.2) is 36.4 Å². The topological polar surface area (TPSA) is 46.5 Å². The lowest BCUT2D eigenvalue weighted by atomic mass is 10.1. The van der Waals surface area contributed by atoms with E-state index in [0.29, 0.717) is 0 Å². The minimum atomic E-state index is -1.28. The summed E-state index contributed by atoms with van der Waals surface area (Å²) in [7, 11) is 0. The number of hydrogen-bond acceptors (Lipinski definition) is 2. The van der Waals surface area contributed by atoms with Crippen LogP contribution in [0.1, 0.15) is 15.9 Å². The van der Waals surface area contributed by atoms with E-state index < -0.39 is 17.6 Å². The van der Waals surface area contributed by atoms with Crippen LogP contribution < -0.4 is 4.74 Å². The Morgan fingerprint density at radius 1 is 1.25 bits per heavy atom. The number of rotatable bonds is 4. The van der Waals surface area contributed by atoms with Crippen LogP contribution in [0.5, 0.6) is 5.75 Å². The van der Waals surface area contributed by atoms with Crippen molar-refractivity contribution in [2.75, 3.05) is 0 Å². The molecule has 0 aliphatic carbocycles. The molecule has 0 spiro atoms. The first-order valence-electron chi connectivity index (χ1n) is 5.57. The third-order valence-electron chi connectivity index (χ3n) is 2.60. The summed E-state index contributed by atoms with van der Waals surface area (Å²) < 4.78 is 31.8. The number of benzene rings is 2. The Morgan fingerprint density at radius 3 is 2.70 bits per heavy atom. The smallest absolute Gasteiger partial charge is 0.336 e. The maximum Gasteiger partial charge on any atom is 0.336 e. The van der Waals surface area contributed by atoms with Crippen molar-refractivity contribution in [2.45, 2.75) is 6.61 Å². The van der Waals surface area contributed by atoms with Gasteiger partial charge in [0.25, 0.3) is 0 Å². The average molecular weight is 299 g/mol. The molecule has 2 rings (SSSR count).